The Hall–Kier alpha value is -1.55. The van der Waals surface area contributed by atoms with Crippen LogP contribution in [0, 0.1) is 0 Å². The van der Waals surface area contributed by atoms with Gasteiger partial charge in [0.25, 0.3) is 0 Å². The van der Waals surface area contributed by atoms with Crippen LogP contribution >= 0.6 is 0 Å². The summed E-state index contributed by atoms with van der Waals surface area (Å²) in [6.07, 6.45) is -1.23. The molecule has 0 aromatic heterocycles. The van der Waals surface area contributed by atoms with Crippen LogP contribution in [0.2, 0.25) is 0 Å². The van der Waals surface area contributed by atoms with E-state index >= 15 is 0 Å². The molecule has 0 saturated carbocycles. The highest BCUT2D eigenvalue weighted by Crippen LogP contribution is 2.02. The predicted molar refractivity (Wildman–Crippen MR) is 58.8 cm³/mol. The topological polar surface area (TPSA) is 77.8 Å². The largest absolute Gasteiger partial charge is 0.508 e. The molecule has 0 aliphatic carbocycles. The number of phenolic OH excluding ortho intramolecular Hbond substituents is 1. The van der Waals surface area contributed by atoms with Crippen LogP contribution in [0.1, 0.15) is 20.8 Å². The monoisotopic (exact) mass is 214 g/mol. The van der Waals surface area contributed by atoms with Gasteiger partial charge in [0.15, 0.2) is 0 Å². The molecule has 0 amide bonds. The molecule has 86 valence electrons. The quantitative estimate of drug-likeness (QED) is 0.667. The van der Waals surface area contributed by atoms with Gasteiger partial charge in [-0.15, -0.1) is 0 Å². The second kappa shape index (κ2) is 10.5. The van der Waals surface area contributed by atoms with Gasteiger partial charge in [0.05, 0.1) is 0 Å². The number of aliphatic hydroxyl groups is 1. The zero-order valence-electron chi connectivity index (χ0n) is 9.21. The minimum absolute atomic E-state index is 0.322. The molecule has 1 aromatic carbocycles. The van der Waals surface area contributed by atoms with Crippen molar-refractivity contribution in [2.45, 2.75) is 26.9 Å². The SMILES string of the molecule is CC.CC(O)C(=O)O.Oc1ccccc1. The molecule has 0 bridgehead atoms. The normalized spacial score (nSPS) is 9.87. The van der Waals surface area contributed by atoms with E-state index in [2.05, 4.69) is 0 Å². The number of phenols is 1. The van der Waals surface area contributed by atoms with E-state index in [0.29, 0.717) is 5.75 Å². The van der Waals surface area contributed by atoms with Crippen molar-refractivity contribution >= 4 is 5.97 Å². The summed E-state index contributed by atoms with van der Waals surface area (Å²) in [6.45, 7) is 5.20. The number of hydrogen-bond donors (Lipinski definition) is 3. The Bertz CT molecular complexity index is 244. The molecule has 3 N–H and O–H groups in total. The Morgan fingerprint density at radius 1 is 1.20 bits per heavy atom. The number of aromatic hydroxyl groups is 1. The summed E-state index contributed by atoms with van der Waals surface area (Å²) >= 11 is 0. The fraction of sp³-hybridized carbons (Fsp3) is 0.364. The van der Waals surface area contributed by atoms with Crippen molar-refractivity contribution in [2.75, 3.05) is 0 Å². The van der Waals surface area contributed by atoms with E-state index in [4.69, 9.17) is 15.3 Å². The van der Waals surface area contributed by atoms with Crippen molar-refractivity contribution in [3.63, 3.8) is 0 Å². The Morgan fingerprint density at radius 3 is 1.67 bits per heavy atom. The lowest BCUT2D eigenvalue weighted by atomic mass is 10.3. The number of aliphatic carboxylic acids is 1. The number of aliphatic hydroxyl groups excluding tert-OH is 1. The lowest BCUT2D eigenvalue weighted by molar-refractivity contribution is -0.145. The molecule has 0 aliphatic rings. The molecular formula is C11H18O4. The van der Waals surface area contributed by atoms with E-state index in [9.17, 15) is 4.79 Å². The maximum Gasteiger partial charge on any atom is 0.332 e. The number of carboxylic acids is 1. The molecular weight excluding hydrogens is 196 g/mol. The van der Waals surface area contributed by atoms with Gasteiger partial charge in [0.1, 0.15) is 11.9 Å². The van der Waals surface area contributed by atoms with E-state index in [-0.39, 0.29) is 0 Å². The van der Waals surface area contributed by atoms with Crippen LogP contribution in [-0.4, -0.2) is 27.4 Å². The minimum atomic E-state index is -1.23. The Balaban J connectivity index is 0. The van der Waals surface area contributed by atoms with Gasteiger partial charge in [-0.1, -0.05) is 32.0 Å². The Kier molecular flexibility index (Phi) is 11.2. The van der Waals surface area contributed by atoms with Crippen LogP contribution in [0.25, 0.3) is 0 Å². The summed E-state index contributed by atoms with van der Waals surface area (Å²) in [5, 5.41) is 24.4. The molecule has 4 heteroatoms. The third-order valence-electron chi connectivity index (χ3n) is 1.11. The van der Waals surface area contributed by atoms with Gasteiger partial charge in [-0.3, -0.25) is 0 Å². The molecule has 4 nitrogen and oxygen atoms in total. The lowest BCUT2D eigenvalue weighted by Gasteiger charge is -1.89. The number of carboxylic acid groups (broad SMARTS) is 1. The summed E-state index contributed by atoms with van der Waals surface area (Å²) < 4.78 is 0. The summed E-state index contributed by atoms with van der Waals surface area (Å²) in [7, 11) is 0. The molecule has 0 radical (unpaired) electrons. The fourth-order valence-corrected chi connectivity index (χ4v) is 0.428. The minimum Gasteiger partial charge on any atom is -0.508 e. The first-order chi connectivity index (χ1) is 7.04. The summed E-state index contributed by atoms with van der Waals surface area (Å²) in [5.74, 6) is -0.863. The number of hydrogen-bond acceptors (Lipinski definition) is 3. The highest BCUT2D eigenvalue weighted by Gasteiger charge is 2.01. The number of carbonyl (C=O) groups is 1. The second-order valence-corrected chi connectivity index (χ2v) is 2.35. The predicted octanol–water partition coefficient (Wildman–Crippen LogP) is 1.87. The van der Waals surface area contributed by atoms with Crippen molar-refractivity contribution < 1.29 is 20.1 Å². The highest BCUT2D eigenvalue weighted by atomic mass is 16.4. The van der Waals surface area contributed by atoms with Gasteiger partial charge in [0.2, 0.25) is 0 Å². The molecule has 1 rings (SSSR count). The summed E-state index contributed by atoms with van der Waals surface area (Å²) in [5.41, 5.74) is 0. The first kappa shape index (κ1) is 15.9. The van der Waals surface area contributed by atoms with E-state index in [1.807, 2.05) is 19.9 Å². The van der Waals surface area contributed by atoms with Gasteiger partial charge >= 0.3 is 5.97 Å². The zero-order valence-corrected chi connectivity index (χ0v) is 9.21. The van der Waals surface area contributed by atoms with Gasteiger partial charge in [0, 0.05) is 0 Å². The molecule has 0 fully saturated rings. The molecule has 1 atom stereocenters. The molecule has 0 spiro atoms. The van der Waals surface area contributed by atoms with Crippen LogP contribution in [0.3, 0.4) is 0 Å². The number of benzene rings is 1. The zero-order chi connectivity index (χ0) is 12.3. The van der Waals surface area contributed by atoms with E-state index in [0.717, 1.165) is 0 Å². The Labute approximate surface area is 89.8 Å². The van der Waals surface area contributed by atoms with E-state index in [1.54, 1.807) is 24.3 Å². The van der Waals surface area contributed by atoms with Crippen molar-refractivity contribution in [2.24, 2.45) is 0 Å². The lowest BCUT2D eigenvalue weighted by Crippen LogP contribution is -2.13. The second-order valence-electron chi connectivity index (χ2n) is 2.35. The fourth-order valence-electron chi connectivity index (χ4n) is 0.428. The van der Waals surface area contributed by atoms with Crippen LogP contribution in [0.4, 0.5) is 0 Å². The van der Waals surface area contributed by atoms with Crippen molar-refractivity contribution in [1.29, 1.82) is 0 Å². The highest BCUT2D eigenvalue weighted by molar-refractivity contribution is 5.71. The maximum absolute atomic E-state index is 9.45. The molecule has 0 saturated heterocycles. The van der Waals surface area contributed by atoms with Crippen molar-refractivity contribution in [3.05, 3.63) is 30.3 Å². The van der Waals surface area contributed by atoms with Gasteiger partial charge in [-0.05, 0) is 19.1 Å². The molecule has 1 unspecified atom stereocenters. The van der Waals surface area contributed by atoms with Crippen molar-refractivity contribution in [1.82, 2.24) is 0 Å². The van der Waals surface area contributed by atoms with Crippen LogP contribution in [-0.2, 0) is 4.79 Å². The van der Waals surface area contributed by atoms with Crippen LogP contribution in [0.5, 0.6) is 5.75 Å². The molecule has 0 heterocycles. The first-order valence-corrected chi connectivity index (χ1v) is 4.69. The smallest absolute Gasteiger partial charge is 0.332 e. The van der Waals surface area contributed by atoms with Crippen LogP contribution in [0.15, 0.2) is 30.3 Å². The van der Waals surface area contributed by atoms with Crippen LogP contribution < -0.4 is 0 Å². The summed E-state index contributed by atoms with van der Waals surface area (Å²) in [6, 6.07) is 8.71. The van der Waals surface area contributed by atoms with Gasteiger partial charge in [-0.2, -0.15) is 0 Å². The van der Waals surface area contributed by atoms with Gasteiger partial charge in [-0.25, -0.2) is 4.79 Å². The first-order valence-electron chi connectivity index (χ1n) is 4.69. The molecule has 0 aliphatic heterocycles. The summed E-state index contributed by atoms with van der Waals surface area (Å²) in [4.78, 5) is 9.45. The maximum atomic E-state index is 9.45. The standard InChI is InChI=1S/C6H6O.C3H6O3.C2H6/c7-6-4-2-1-3-5-6;1-2(4)3(5)6;1-2/h1-5,7H;2,4H,1H3,(H,5,6);1-2H3. The average Bonchev–Trinajstić information content (AvgIpc) is 2.22. The number of para-hydroxylation sites is 1. The van der Waals surface area contributed by atoms with Gasteiger partial charge < -0.3 is 15.3 Å². The van der Waals surface area contributed by atoms with E-state index < -0.39 is 12.1 Å². The number of rotatable bonds is 1. The average molecular weight is 214 g/mol. The van der Waals surface area contributed by atoms with E-state index in [1.165, 1.54) is 6.92 Å². The molecule has 15 heavy (non-hydrogen) atoms. The van der Waals surface area contributed by atoms with Crippen molar-refractivity contribution in [3.8, 4) is 5.75 Å². The Morgan fingerprint density at radius 2 is 1.53 bits per heavy atom. The third-order valence-corrected chi connectivity index (χ3v) is 1.11. The molecule has 1 aromatic rings. The third kappa shape index (κ3) is 12.4.